The second kappa shape index (κ2) is 14.2. The summed E-state index contributed by atoms with van der Waals surface area (Å²) < 4.78 is 24.7. The molecule has 40 heavy (non-hydrogen) atoms. The van der Waals surface area contributed by atoms with Gasteiger partial charge >= 0.3 is 0 Å². The van der Waals surface area contributed by atoms with Crippen LogP contribution in [0.3, 0.4) is 0 Å². The number of ether oxygens (including phenoxy) is 4. The average molecular weight is 553 g/mol. The monoisotopic (exact) mass is 552 g/mol. The number of hydrogen-bond donors (Lipinski definition) is 1. The largest absolute Gasteiger partial charge is 0.493 e. The second-order valence-corrected chi connectivity index (χ2v) is 10.1. The van der Waals surface area contributed by atoms with Crippen LogP contribution in [0.5, 0.6) is 17.2 Å². The van der Waals surface area contributed by atoms with Crippen LogP contribution >= 0.6 is 0 Å². The summed E-state index contributed by atoms with van der Waals surface area (Å²) in [4.78, 5) is 20.7. The number of aromatic nitrogens is 2. The SMILES string of the molecule is COCC(=O)N1CCN(Cc2ccc(OCCCn3ccnc3C)c(OC)c2)C[C@](O)(COc2ccccc2)C1. The van der Waals surface area contributed by atoms with Crippen LogP contribution in [0.1, 0.15) is 17.8 Å². The molecule has 0 aliphatic carbocycles. The molecule has 1 atom stereocenters. The number of nitrogens with zero attached hydrogens (tertiary/aromatic N) is 4. The van der Waals surface area contributed by atoms with Crippen LogP contribution in [0.2, 0.25) is 0 Å². The number of aryl methyl sites for hydroxylation is 2. The zero-order chi connectivity index (χ0) is 28.4. The third-order valence-corrected chi connectivity index (χ3v) is 6.92. The Bertz CT molecular complexity index is 1220. The summed E-state index contributed by atoms with van der Waals surface area (Å²) in [5, 5.41) is 11.6. The lowest BCUT2D eigenvalue weighted by molar-refractivity contribution is -0.138. The normalized spacial score (nSPS) is 17.9. The minimum atomic E-state index is -1.27. The lowest BCUT2D eigenvalue weighted by atomic mass is 10.0. The Hall–Kier alpha value is -3.60. The number of amides is 1. The molecule has 0 bridgehead atoms. The summed E-state index contributed by atoms with van der Waals surface area (Å²) in [6.07, 6.45) is 4.61. The number of benzene rings is 2. The zero-order valence-corrected chi connectivity index (χ0v) is 23.6. The van der Waals surface area contributed by atoms with E-state index in [0.29, 0.717) is 50.0 Å². The van der Waals surface area contributed by atoms with Gasteiger partial charge in [-0.1, -0.05) is 24.3 Å². The molecule has 1 aliphatic heterocycles. The van der Waals surface area contributed by atoms with Crippen molar-refractivity contribution in [1.29, 1.82) is 0 Å². The molecule has 1 aromatic heterocycles. The van der Waals surface area contributed by atoms with E-state index in [1.165, 1.54) is 7.11 Å². The van der Waals surface area contributed by atoms with E-state index < -0.39 is 5.60 Å². The number of carbonyl (C=O) groups excluding carboxylic acids is 1. The van der Waals surface area contributed by atoms with Crippen LogP contribution in [0.15, 0.2) is 60.9 Å². The number of aliphatic hydroxyl groups is 1. The fraction of sp³-hybridized carbons (Fsp3) is 0.467. The van der Waals surface area contributed by atoms with Crippen LogP contribution < -0.4 is 14.2 Å². The van der Waals surface area contributed by atoms with Crippen molar-refractivity contribution in [1.82, 2.24) is 19.4 Å². The Labute approximate surface area is 236 Å². The molecule has 0 saturated carbocycles. The van der Waals surface area contributed by atoms with E-state index in [-0.39, 0.29) is 25.7 Å². The average Bonchev–Trinajstić information content (AvgIpc) is 3.29. The minimum Gasteiger partial charge on any atom is -0.493 e. The molecular formula is C30H40N4O6. The van der Waals surface area contributed by atoms with Crippen molar-refractivity contribution >= 4 is 5.91 Å². The molecule has 3 aromatic rings. The third kappa shape index (κ3) is 8.20. The molecule has 1 aliphatic rings. The van der Waals surface area contributed by atoms with Gasteiger partial charge in [-0.05, 0) is 43.2 Å². The Balaban J connectivity index is 1.40. The van der Waals surface area contributed by atoms with E-state index in [1.54, 1.807) is 18.2 Å². The number of hydrogen-bond acceptors (Lipinski definition) is 8. The van der Waals surface area contributed by atoms with E-state index in [1.807, 2.05) is 61.7 Å². The van der Waals surface area contributed by atoms with E-state index in [2.05, 4.69) is 14.5 Å². The predicted molar refractivity (Wildman–Crippen MR) is 151 cm³/mol. The number of carbonyl (C=O) groups is 1. The number of methoxy groups -OCH3 is 2. The standard InChI is InChI=1S/C30H40N4O6/c1-24-31-12-14-33(24)13-7-17-39-27-11-10-25(18-28(27)38-3)19-32-15-16-34(29(35)20-37-2)22-30(36,21-32)23-40-26-8-5-4-6-9-26/h4-6,8-12,14,18,36H,7,13,15-17,19-23H2,1-3H3/t30-/m1/s1. The van der Waals surface area contributed by atoms with Crippen molar-refractivity contribution in [2.75, 3.05) is 60.2 Å². The summed E-state index contributed by atoms with van der Waals surface area (Å²) in [5.74, 6) is 2.84. The van der Waals surface area contributed by atoms with E-state index in [9.17, 15) is 9.90 Å². The first kappa shape index (κ1) is 29.4. The summed E-state index contributed by atoms with van der Waals surface area (Å²) in [7, 11) is 3.12. The Kier molecular flexibility index (Phi) is 10.4. The van der Waals surface area contributed by atoms with Gasteiger partial charge in [-0.2, -0.15) is 0 Å². The van der Waals surface area contributed by atoms with E-state index >= 15 is 0 Å². The first-order valence-corrected chi connectivity index (χ1v) is 13.6. The number of imidazole rings is 1. The molecule has 216 valence electrons. The highest BCUT2D eigenvalue weighted by Crippen LogP contribution is 2.29. The molecule has 1 N–H and O–H groups in total. The number of rotatable bonds is 13. The Morgan fingerprint density at radius 2 is 1.88 bits per heavy atom. The molecule has 0 radical (unpaired) electrons. The highest BCUT2D eigenvalue weighted by molar-refractivity contribution is 5.77. The molecule has 1 fully saturated rings. The van der Waals surface area contributed by atoms with Gasteiger partial charge in [-0.15, -0.1) is 0 Å². The number of para-hydroxylation sites is 1. The van der Waals surface area contributed by atoms with Gasteiger partial charge in [-0.25, -0.2) is 4.98 Å². The van der Waals surface area contributed by atoms with Gasteiger partial charge in [0.2, 0.25) is 5.91 Å². The first-order chi connectivity index (χ1) is 19.4. The smallest absolute Gasteiger partial charge is 0.248 e. The molecule has 10 nitrogen and oxygen atoms in total. The van der Waals surface area contributed by atoms with Crippen LogP contribution in [0.4, 0.5) is 0 Å². The predicted octanol–water partition coefficient (Wildman–Crippen LogP) is 2.77. The van der Waals surface area contributed by atoms with E-state index in [0.717, 1.165) is 24.4 Å². The topological polar surface area (TPSA) is 98.5 Å². The molecule has 2 aromatic carbocycles. The molecule has 1 amide bonds. The van der Waals surface area contributed by atoms with Crippen LogP contribution in [-0.2, 0) is 22.6 Å². The maximum absolute atomic E-state index is 12.7. The summed E-state index contributed by atoms with van der Waals surface area (Å²) in [6.45, 7) is 5.53. The fourth-order valence-corrected chi connectivity index (χ4v) is 4.87. The van der Waals surface area contributed by atoms with Crippen molar-refractivity contribution < 1.29 is 28.8 Å². The van der Waals surface area contributed by atoms with Gasteiger partial charge in [-0.3, -0.25) is 9.69 Å². The summed E-state index contributed by atoms with van der Waals surface area (Å²) >= 11 is 0. The molecule has 0 spiro atoms. The lowest BCUT2D eigenvalue weighted by Crippen LogP contribution is -2.52. The maximum atomic E-state index is 12.7. The highest BCUT2D eigenvalue weighted by Gasteiger charge is 2.37. The number of β-amino-alcohol motifs (C(OH)–C–C–N with tert-alkyl or cyclic N) is 1. The molecular weight excluding hydrogens is 512 g/mol. The molecule has 4 rings (SSSR count). The zero-order valence-electron chi connectivity index (χ0n) is 23.6. The Morgan fingerprint density at radius 1 is 1.05 bits per heavy atom. The molecule has 0 unspecified atom stereocenters. The van der Waals surface area contributed by atoms with Gasteiger partial charge in [0.1, 0.15) is 30.4 Å². The molecule has 10 heteroatoms. The first-order valence-electron chi connectivity index (χ1n) is 13.6. The van der Waals surface area contributed by atoms with Gasteiger partial charge in [0.25, 0.3) is 0 Å². The minimum absolute atomic E-state index is 0.0315. The van der Waals surface area contributed by atoms with Gasteiger partial charge in [0.05, 0.1) is 20.3 Å². The maximum Gasteiger partial charge on any atom is 0.248 e. The summed E-state index contributed by atoms with van der Waals surface area (Å²) in [6, 6.07) is 15.3. The van der Waals surface area contributed by atoms with Gasteiger partial charge in [0, 0.05) is 52.2 Å². The molecule has 1 saturated heterocycles. The quantitative estimate of drug-likeness (QED) is 0.324. The van der Waals surface area contributed by atoms with Crippen molar-refractivity contribution in [2.45, 2.75) is 32.0 Å². The van der Waals surface area contributed by atoms with Crippen molar-refractivity contribution in [2.24, 2.45) is 0 Å². The van der Waals surface area contributed by atoms with Crippen molar-refractivity contribution in [3.8, 4) is 17.2 Å². The van der Waals surface area contributed by atoms with Crippen molar-refractivity contribution in [3.05, 3.63) is 72.3 Å². The Morgan fingerprint density at radius 3 is 2.60 bits per heavy atom. The van der Waals surface area contributed by atoms with E-state index in [4.69, 9.17) is 18.9 Å². The second-order valence-electron chi connectivity index (χ2n) is 10.1. The summed E-state index contributed by atoms with van der Waals surface area (Å²) in [5.41, 5.74) is -0.252. The van der Waals surface area contributed by atoms with Crippen LogP contribution in [0.25, 0.3) is 0 Å². The van der Waals surface area contributed by atoms with Crippen LogP contribution in [0, 0.1) is 6.92 Å². The van der Waals surface area contributed by atoms with Gasteiger partial charge < -0.3 is 33.5 Å². The molecule has 2 heterocycles. The highest BCUT2D eigenvalue weighted by atomic mass is 16.5. The lowest BCUT2D eigenvalue weighted by Gasteiger charge is -2.33. The third-order valence-electron chi connectivity index (χ3n) is 6.92. The van der Waals surface area contributed by atoms with Crippen molar-refractivity contribution in [3.63, 3.8) is 0 Å². The van der Waals surface area contributed by atoms with Gasteiger partial charge in [0.15, 0.2) is 11.5 Å². The fourth-order valence-electron chi connectivity index (χ4n) is 4.87. The van der Waals surface area contributed by atoms with Crippen LogP contribution in [-0.4, -0.2) is 96.2 Å².